The molecule has 2 aromatic heterocycles. The lowest BCUT2D eigenvalue weighted by molar-refractivity contribution is 0.669. The number of hydrogen-bond donors (Lipinski definition) is 0. The second-order valence-electron chi connectivity index (χ2n) is 11.7. The molecule has 0 N–H and O–H groups in total. The van der Waals surface area contributed by atoms with Crippen LogP contribution in [-0.4, -0.2) is 9.97 Å². The molecule has 10 rings (SSSR count). The number of aromatic nitrogens is 2. The lowest BCUT2D eigenvalue weighted by atomic mass is 9.92. The van der Waals surface area contributed by atoms with Crippen LogP contribution in [0.3, 0.4) is 0 Å². The van der Waals surface area contributed by atoms with Crippen molar-refractivity contribution in [3.8, 4) is 22.5 Å². The normalized spacial score (nSPS) is 12.0. The van der Waals surface area contributed by atoms with Crippen molar-refractivity contribution in [2.24, 2.45) is 0 Å². The van der Waals surface area contributed by atoms with Gasteiger partial charge in [0.05, 0.1) is 22.4 Å². The fourth-order valence-electron chi connectivity index (χ4n) is 7.15. The minimum Gasteiger partial charge on any atom is -0.456 e. The van der Waals surface area contributed by atoms with Crippen LogP contribution in [0.1, 0.15) is 0 Å². The molecule has 0 amide bonds. The van der Waals surface area contributed by atoms with E-state index in [-0.39, 0.29) is 0 Å². The van der Waals surface area contributed by atoms with E-state index >= 15 is 0 Å². The number of para-hydroxylation sites is 3. The van der Waals surface area contributed by atoms with E-state index in [2.05, 4.69) is 97.1 Å². The van der Waals surface area contributed by atoms with Gasteiger partial charge >= 0.3 is 0 Å². The Labute approximate surface area is 258 Å². The van der Waals surface area contributed by atoms with Gasteiger partial charge in [0.2, 0.25) is 0 Å². The van der Waals surface area contributed by atoms with Gasteiger partial charge in [0.1, 0.15) is 11.2 Å². The number of benzene rings is 8. The Bertz CT molecular complexity index is 2830. The largest absolute Gasteiger partial charge is 0.456 e. The second-order valence-corrected chi connectivity index (χ2v) is 11.7. The van der Waals surface area contributed by atoms with Gasteiger partial charge < -0.3 is 4.42 Å². The number of fused-ring (bicyclic) bond motifs is 11. The molecule has 10 aromatic rings. The Hall–Kier alpha value is -6.06. The second kappa shape index (κ2) is 9.22. The van der Waals surface area contributed by atoms with Crippen LogP contribution in [0.15, 0.2) is 150 Å². The van der Waals surface area contributed by atoms with Gasteiger partial charge in [0.15, 0.2) is 0 Å². The molecule has 8 aromatic carbocycles. The third-order valence-electron chi connectivity index (χ3n) is 9.22. The zero-order chi connectivity index (χ0) is 29.5. The van der Waals surface area contributed by atoms with Crippen LogP contribution in [0.5, 0.6) is 0 Å². The molecule has 0 aliphatic heterocycles. The average molecular weight is 573 g/mol. The van der Waals surface area contributed by atoms with Crippen molar-refractivity contribution >= 4 is 76.1 Å². The van der Waals surface area contributed by atoms with Gasteiger partial charge in [-0.1, -0.05) is 115 Å². The summed E-state index contributed by atoms with van der Waals surface area (Å²) < 4.78 is 6.28. The predicted molar refractivity (Wildman–Crippen MR) is 188 cm³/mol. The summed E-state index contributed by atoms with van der Waals surface area (Å²) in [7, 11) is 0. The molecule has 0 bridgehead atoms. The fourth-order valence-corrected chi connectivity index (χ4v) is 7.15. The topological polar surface area (TPSA) is 38.9 Å². The highest BCUT2D eigenvalue weighted by Crippen LogP contribution is 2.42. The van der Waals surface area contributed by atoms with E-state index in [9.17, 15) is 0 Å². The maximum Gasteiger partial charge on any atom is 0.136 e. The van der Waals surface area contributed by atoms with E-state index in [0.29, 0.717) is 0 Å². The number of hydrogen-bond acceptors (Lipinski definition) is 3. The summed E-state index contributed by atoms with van der Waals surface area (Å²) in [5.74, 6) is 0. The van der Waals surface area contributed by atoms with Crippen LogP contribution in [0.4, 0.5) is 0 Å². The van der Waals surface area contributed by atoms with Crippen molar-refractivity contribution in [1.82, 2.24) is 9.97 Å². The molecule has 3 heteroatoms. The van der Waals surface area contributed by atoms with Crippen molar-refractivity contribution in [3.63, 3.8) is 0 Å². The number of rotatable bonds is 2. The molecule has 0 fully saturated rings. The fraction of sp³-hybridized carbons (Fsp3) is 0. The SMILES string of the molecule is c1ccc2c(c1)ccc1c2ccc2ccc3ccc(-c4nc5ccccc5nc4-c4cccc5oc6ccccc6c45)cc3c21. The van der Waals surface area contributed by atoms with Crippen LogP contribution >= 0.6 is 0 Å². The highest BCUT2D eigenvalue weighted by atomic mass is 16.3. The van der Waals surface area contributed by atoms with Gasteiger partial charge in [-0.2, -0.15) is 0 Å². The highest BCUT2D eigenvalue weighted by Gasteiger charge is 2.19. The standard InChI is InChI=1S/C42H24N2O/c1-2-9-29-25(8-1)20-23-31-30(29)22-21-27-18-16-26-17-19-28(24-34(26)39(27)31)41-42(44-36-13-5-4-12-35(36)43-41)33-11-7-15-38-40(33)32-10-3-6-14-37(32)45-38/h1-24H. The molecule has 3 nitrogen and oxygen atoms in total. The lowest BCUT2D eigenvalue weighted by Crippen LogP contribution is -1.96. The highest BCUT2D eigenvalue weighted by molar-refractivity contribution is 6.25. The van der Waals surface area contributed by atoms with E-state index in [1.165, 1.54) is 43.1 Å². The first-order chi connectivity index (χ1) is 22.3. The van der Waals surface area contributed by atoms with Crippen molar-refractivity contribution < 1.29 is 4.42 Å². The zero-order valence-corrected chi connectivity index (χ0v) is 24.2. The summed E-state index contributed by atoms with van der Waals surface area (Å²) in [6.45, 7) is 0. The van der Waals surface area contributed by atoms with Crippen LogP contribution in [-0.2, 0) is 0 Å². The van der Waals surface area contributed by atoms with Crippen molar-refractivity contribution in [3.05, 3.63) is 146 Å². The molecule has 45 heavy (non-hydrogen) atoms. The van der Waals surface area contributed by atoms with E-state index in [4.69, 9.17) is 14.4 Å². The summed E-state index contributed by atoms with van der Waals surface area (Å²) in [5, 5.41) is 12.1. The first-order valence-corrected chi connectivity index (χ1v) is 15.2. The van der Waals surface area contributed by atoms with Crippen LogP contribution in [0.25, 0.3) is 98.6 Å². The van der Waals surface area contributed by atoms with E-state index in [1.807, 2.05) is 48.5 Å². The lowest BCUT2D eigenvalue weighted by Gasteiger charge is -2.14. The van der Waals surface area contributed by atoms with Gasteiger partial charge in [0.25, 0.3) is 0 Å². The van der Waals surface area contributed by atoms with Crippen molar-refractivity contribution in [2.45, 2.75) is 0 Å². The minimum atomic E-state index is 0.845. The maximum absolute atomic E-state index is 6.28. The van der Waals surface area contributed by atoms with E-state index in [0.717, 1.165) is 55.5 Å². The third-order valence-corrected chi connectivity index (χ3v) is 9.22. The summed E-state index contributed by atoms with van der Waals surface area (Å²) in [4.78, 5) is 10.6. The maximum atomic E-state index is 6.28. The molecule has 0 saturated heterocycles. The van der Waals surface area contributed by atoms with Crippen LogP contribution < -0.4 is 0 Å². The zero-order valence-electron chi connectivity index (χ0n) is 24.2. The summed E-state index contributed by atoms with van der Waals surface area (Å²) in [6.07, 6.45) is 0. The summed E-state index contributed by atoms with van der Waals surface area (Å²) in [5.41, 5.74) is 7.20. The van der Waals surface area contributed by atoms with Gasteiger partial charge in [-0.15, -0.1) is 0 Å². The first-order valence-electron chi connectivity index (χ1n) is 15.2. The predicted octanol–water partition coefficient (Wildman–Crippen LogP) is 11.5. The molecular formula is C42H24N2O. The van der Waals surface area contributed by atoms with Gasteiger partial charge in [0, 0.05) is 21.9 Å². The molecule has 0 unspecified atom stereocenters. The minimum absolute atomic E-state index is 0.845. The Kier molecular flexibility index (Phi) is 5.00. The Morgan fingerprint density at radius 2 is 1.02 bits per heavy atom. The molecule has 0 aliphatic rings. The molecule has 208 valence electrons. The summed E-state index contributed by atoms with van der Waals surface area (Å²) >= 11 is 0. The van der Waals surface area contributed by atoms with Gasteiger partial charge in [-0.25, -0.2) is 9.97 Å². The number of furan rings is 1. The molecular weight excluding hydrogens is 548 g/mol. The quantitative estimate of drug-likeness (QED) is 0.193. The molecule has 0 aliphatic carbocycles. The van der Waals surface area contributed by atoms with Crippen LogP contribution in [0, 0.1) is 0 Å². The van der Waals surface area contributed by atoms with E-state index in [1.54, 1.807) is 0 Å². The van der Waals surface area contributed by atoms with Crippen LogP contribution in [0.2, 0.25) is 0 Å². The Balaban J connectivity index is 1.31. The van der Waals surface area contributed by atoms with Crippen molar-refractivity contribution in [2.75, 3.05) is 0 Å². The van der Waals surface area contributed by atoms with Gasteiger partial charge in [-0.05, 0) is 73.4 Å². The van der Waals surface area contributed by atoms with E-state index < -0.39 is 0 Å². The third kappa shape index (κ3) is 3.58. The molecule has 2 heterocycles. The average Bonchev–Trinajstić information content (AvgIpc) is 3.49. The molecule has 0 spiro atoms. The molecule has 0 atom stereocenters. The smallest absolute Gasteiger partial charge is 0.136 e. The molecule has 0 saturated carbocycles. The summed E-state index contributed by atoms with van der Waals surface area (Å²) in [6, 6.07) is 51.4. The monoisotopic (exact) mass is 572 g/mol. The van der Waals surface area contributed by atoms with Gasteiger partial charge in [-0.3, -0.25) is 0 Å². The first kappa shape index (κ1) is 24.4. The number of nitrogens with zero attached hydrogens (tertiary/aromatic N) is 2. The Morgan fingerprint density at radius 3 is 1.93 bits per heavy atom. The molecule has 0 radical (unpaired) electrons. The van der Waals surface area contributed by atoms with Crippen molar-refractivity contribution in [1.29, 1.82) is 0 Å². The Morgan fingerprint density at radius 1 is 0.378 bits per heavy atom.